The first-order chi connectivity index (χ1) is 13.2. The van der Waals surface area contributed by atoms with Gasteiger partial charge >= 0.3 is 6.01 Å². The molecule has 0 fully saturated rings. The number of aryl methyl sites for hydroxylation is 3. The van der Waals surface area contributed by atoms with E-state index in [9.17, 15) is 12.8 Å². The normalized spacial score (nSPS) is 11.3. The monoisotopic (exact) mass is 421 g/mol. The summed E-state index contributed by atoms with van der Waals surface area (Å²) in [5.74, 6) is -0.577. The van der Waals surface area contributed by atoms with Gasteiger partial charge in [0.05, 0.1) is 22.0 Å². The van der Waals surface area contributed by atoms with E-state index >= 15 is 0 Å². The van der Waals surface area contributed by atoms with Gasteiger partial charge in [0.2, 0.25) is 0 Å². The molecule has 0 amide bonds. The SMILES string of the molecule is Cc1ccc(S(=O)(=O)Nc2c(C)nc(Oc3ccccc3F)nc2C)cc1Cl. The molecule has 0 aliphatic carbocycles. The fraction of sp³-hybridized carbons (Fsp3) is 0.158. The average molecular weight is 422 g/mol. The molecule has 0 saturated heterocycles. The lowest BCUT2D eigenvalue weighted by molar-refractivity contribution is 0.409. The van der Waals surface area contributed by atoms with Crippen LogP contribution in [0.3, 0.4) is 0 Å². The summed E-state index contributed by atoms with van der Waals surface area (Å²) in [4.78, 5) is 8.28. The van der Waals surface area contributed by atoms with Crippen LogP contribution in [0.2, 0.25) is 5.02 Å². The molecule has 146 valence electrons. The summed E-state index contributed by atoms with van der Waals surface area (Å²) < 4.78 is 47.0. The summed E-state index contributed by atoms with van der Waals surface area (Å²) in [6.07, 6.45) is 0. The van der Waals surface area contributed by atoms with E-state index in [1.165, 1.54) is 30.3 Å². The van der Waals surface area contributed by atoms with Crippen molar-refractivity contribution in [3.63, 3.8) is 0 Å². The second-order valence-electron chi connectivity index (χ2n) is 6.10. The first-order valence-corrected chi connectivity index (χ1v) is 10.1. The lowest BCUT2D eigenvalue weighted by Gasteiger charge is -2.14. The zero-order chi connectivity index (χ0) is 20.5. The van der Waals surface area contributed by atoms with E-state index < -0.39 is 15.8 Å². The molecule has 1 heterocycles. The average Bonchev–Trinajstić information content (AvgIpc) is 2.62. The molecule has 1 aromatic heterocycles. The van der Waals surface area contributed by atoms with Crippen LogP contribution >= 0.6 is 11.6 Å². The van der Waals surface area contributed by atoms with E-state index in [1.54, 1.807) is 32.9 Å². The molecule has 0 spiro atoms. The third-order valence-electron chi connectivity index (χ3n) is 3.98. The summed E-state index contributed by atoms with van der Waals surface area (Å²) in [6.45, 7) is 4.98. The van der Waals surface area contributed by atoms with Gasteiger partial charge in [-0.1, -0.05) is 29.8 Å². The quantitative estimate of drug-likeness (QED) is 0.640. The summed E-state index contributed by atoms with van der Waals surface area (Å²) in [6, 6.07) is 10.2. The Kier molecular flexibility index (Phi) is 5.53. The number of nitrogens with one attached hydrogen (secondary N) is 1. The number of para-hydroxylation sites is 1. The maximum Gasteiger partial charge on any atom is 0.322 e. The molecule has 3 aromatic rings. The predicted octanol–water partition coefficient (Wildman–Crippen LogP) is 4.79. The zero-order valence-corrected chi connectivity index (χ0v) is 16.9. The van der Waals surface area contributed by atoms with Gasteiger partial charge in [0.15, 0.2) is 11.6 Å². The first-order valence-electron chi connectivity index (χ1n) is 8.24. The van der Waals surface area contributed by atoms with E-state index in [0.717, 1.165) is 5.56 Å². The molecule has 0 radical (unpaired) electrons. The molecule has 9 heteroatoms. The highest BCUT2D eigenvalue weighted by molar-refractivity contribution is 7.92. The van der Waals surface area contributed by atoms with Crippen LogP contribution < -0.4 is 9.46 Å². The van der Waals surface area contributed by atoms with Crippen LogP contribution in [0.5, 0.6) is 11.8 Å². The van der Waals surface area contributed by atoms with Gasteiger partial charge in [-0.3, -0.25) is 4.72 Å². The van der Waals surface area contributed by atoms with Crippen molar-refractivity contribution >= 4 is 27.3 Å². The Labute approximate surface area is 167 Å². The van der Waals surface area contributed by atoms with Gasteiger partial charge in [-0.05, 0) is 50.6 Å². The Bertz CT molecular complexity index is 1130. The van der Waals surface area contributed by atoms with Crippen molar-refractivity contribution in [2.24, 2.45) is 0 Å². The summed E-state index contributed by atoms with van der Waals surface area (Å²) in [5, 5.41) is 0.348. The van der Waals surface area contributed by atoms with Gasteiger partial charge in [-0.25, -0.2) is 12.8 Å². The third-order valence-corrected chi connectivity index (χ3v) is 5.73. The third kappa shape index (κ3) is 4.23. The number of hydrogen-bond acceptors (Lipinski definition) is 5. The molecule has 1 N–H and O–H groups in total. The Hall–Kier alpha value is -2.71. The second kappa shape index (κ2) is 7.73. The van der Waals surface area contributed by atoms with Crippen LogP contribution in [0, 0.1) is 26.6 Å². The van der Waals surface area contributed by atoms with Gasteiger partial charge in [0.1, 0.15) is 0 Å². The Morgan fingerprint density at radius 1 is 1.04 bits per heavy atom. The molecule has 0 saturated carbocycles. The van der Waals surface area contributed by atoms with Gasteiger partial charge in [-0.2, -0.15) is 9.97 Å². The predicted molar refractivity (Wildman–Crippen MR) is 105 cm³/mol. The van der Waals surface area contributed by atoms with Crippen LogP contribution in [-0.4, -0.2) is 18.4 Å². The van der Waals surface area contributed by atoms with Crippen molar-refractivity contribution in [3.05, 3.63) is 70.3 Å². The van der Waals surface area contributed by atoms with Crippen molar-refractivity contribution in [1.82, 2.24) is 9.97 Å². The highest BCUT2D eigenvalue weighted by Gasteiger charge is 2.20. The smallest absolute Gasteiger partial charge is 0.322 e. The van der Waals surface area contributed by atoms with Crippen LogP contribution in [0.4, 0.5) is 10.1 Å². The van der Waals surface area contributed by atoms with Crippen molar-refractivity contribution in [3.8, 4) is 11.8 Å². The van der Waals surface area contributed by atoms with E-state index in [1.807, 2.05) is 0 Å². The van der Waals surface area contributed by atoms with E-state index in [0.29, 0.717) is 16.4 Å². The number of halogens is 2. The molecule has 3 rings (SSSR count). The summed E-state index contributed by atoms with van der Waals surface area (Å²) >= 11 is 6.03. The number of anilines is 1. The highest BCUT2D eigenvalue weighted by atomic mass is 35.5. The molecule has 0 aliphatic heterocycles. The van der Waals surface area contributed by atoms with Crippen LogP contribution in [-0.2, 0) is 10.0 Å². The molecule has 0 bridgehead atoms. The summed E-state index contributed by atoms with van der Waals surface area (Å²) in [7, 11) is -3.89. The Morgan fingerprint density at radius 3 is 2.29 bits per heavy atom. The van der Waals surface area contributed by atoms with E-state index in [-0.39, 0.29) is 22.3 Å². The molecule has 28 heavy (non-hydrogen) atoms. The van der Waals surface area contributed by atoms with Crippen LogP contribution in [0.1, 0.15) is 17.0 Å². The lowest BCUT2D eigenvalue weighted by Crippen LogP contribution is -2.16. The topological polar surface area (TPSA) is 81.2 Å². The first kappa shape index (κ1) is 20.0. The second-order valence-corrected chi connectivity index (χ2v) is 8.19. The number of aromatic nitrogens is 2. The number of benzene rings is 2. The van der Waals surface area contributed by atoms with E-state index in [2.05, 4.69) is 14.7 Å². The van der Waals surface area contributed by atoms with Gasteiger partial charge < -0.3 is 4.74 Å². The zero-order valence-electron chi connectivity index (χ0n) is 15.3. The minimum atomic E-state index is -3.89. The molecular formula is C19H17ClFN3O3S. The molecule has 0 unspecified atom stereocenters. The lowest BCUT2D eigenvalue weighted by atomic mass is 10.2. The molecule has 0 atom stereocenters. The number of nitrogens with zero attached hydrogens (tertiary/aromatic N) is 2. The van der Waals surface area contributed by atoms with Crippen molar-refractivity contribution in [1.29, 1.82) is 0 Å². The fourth-order valence-electron chi connectivity index (χ4n) is 2.44. The number of rotatable bonds is 5. The Morgan fingerprint density at radius 2 is 1.68 bits per heavy atom. The standard InChI is InChI=1S/C19H17ClFN3O3S/c1-11-8-9-14(10-15(11)20)28(25,26)24-18-12(2)22-19(23-13(18)3)27-17-7-5-4-6-16(17)21/h4-10,24H,1-3H3. The highest BCUT2D eigenvalue weighted by Crippen LogP contribution is 2.27. The van der Waals surface area contributed by atoms with Crippen LogP contribution in [0.25, 0.3) is 0 Å². The summed E-state index contributed by atoms with van der Waals surface area (Å²) in [5.41, 5.74) is 1.66. The maximum atomic E-state index is 13.7. The largest absolute Gasteiger partial charge is 0.421 e. The van der Waals surface area contributed by atoms with Crippen LogP contribution in [0.15, 0.2) is 47.4 Å². The minimum Gasteiger partial charge on any atom is -0.421 e. The van der Waals surface area contributed by atoms with Crippen molar-refractivity contribution < 1.29 is 17.5 Å². The molecule has 6 nitrogen and oxygen atoms in total. The van der Waals surface area contributed by atoms with Gasteiger partial charge in [0.25, 0.3) is 10.0 Å². The van der Waals surface area contributed by atoms with Crippen molar-refractivity contribution in [2.75, 3.05) is 4.72 Å². The van der Waals surface area contributed by atoms with Gasteiger partial charge in [-0.15, -0.1) is 0 Å². The minimum absolute atomic E-state index is 0.0218. The van der Waals surface area contributed by atoms with E-state index in [4.69, 9.17) is 16.3 Å². The van der Waals surface area contributed by atoms with Gasteiger partial charge in [0, 0.05) is 5.02 Å². The fourth-order valence-corrected chi connectivity index (χ4v) is 3.89. The number of sulfonamides is 1. The number of ether oxygens (including phenoxy) is 1. The molecular weight excluding hydrogens is 405 g/mol. The maximum absolute atomic E-state index is 13.7. The van der Waals surface area contributed by atoms with Crippen molar-refractivity contribution in [2.45, 2.75) is 25.7 Å². The Balaban J connectivity index is 1.90. The number of hydrogen-bond donors (Lipinski definition) is 1. The molecule has 2 aromatic carbocycles. The molecule has 0 aliphatic rings.